The van der Waals surface area contributed by atoms with Crippen LogP contribution in [0.2, 0.25) is 0 Å². The Kier molecular flexibility index (Phi) is 2.29. The van der Waals surface area contributed by atoms with Crippen molar-refractivity contribution >= 4 is 5.91 Å². The van der Waals surface area contributed by atoms with Crippen LogP contribution in [-0.4, -0.2) is 15.7 Å². The summed E-state index contributed by atoms with van der Waals surface area (Å²) in [6.45, 7) is 4.75. The maximum absolute atomic E-state index is 11.3. The molecule has 0 unspecified atom stereocenters. The second-order valence-corrected chi connectivity index (χ2v) is 4.58. The molecule has 1 aliphatic rings. The van der Waals surface area contributed by atoms with Crippen molar-refractivity contribution < 1.29 is 9.21 Å². The van der Waals surface area contributed by atoms with Crippen LogP contribution in [0.25, 0.3) is 11.3 Å². The number of rotatable bonds is 2. The number of hydrogen-bond donors (Lipinski definition) is 1. The van der Waals surface area contributed by atoms with E-state index in [4.69, 9.17) is 10.2 Å². The number of nitrogens with two attached hydrogens (primary N) is 1. The maximum atomic E-state index is 11.3. The highest BCUT2D eigenvalue weighted by molar-refractivity contribution is 5.94. The summed E-state index contributed by atoms with van der Waals surface area (Å²) < 4.78 is 7.49. The Morgan fingerprint density at radius 2 is 2.33 bits per heavy atom. The van der Waals surface area contributed by atoms with E-state index in [0.29, 0.717) is 0 Å². The van der Waals surface area contributed by atoms with Crippen LogP contribution in [0.15, 0.2) is 10.6 Å². The highest BCUT2D eigenvalue weighted by Crippen LogP contribution is 2.37. The standard InChI is InChI=1S/C13H15N3O2/c1-3-16-6-8-4-5-9-10(11(8)15-16)7(2)12(18-9)13(14)17/h6H,3-5H2,1-2H3,(H2,14,17). The number of aryl methyl sites for hydroxylation is 3. The van der Waals surface area contributed by atoms with Gasteiger partial charge in [0.2, 0.25) is 0 Å². The van der Waals surface area contributed by atoms with E-state index in [1.165, 1.54) is 5.56 Å². The largest absolute Gasteiger partial charge is 0.455 e. The average molecular weight is 245 g/mol. The highest BCUT2D eigenvalue weighted by atomic mass is 16.4. The van der Waals surface area contributed by atoms with Gasteiger partial charge in [0, 0.05) is 30.3 Å². The lowest BCUT2D eigenvalue weighted by Gasteiger charge is -2.09. The van der Waals surface area contributed by atoms with Crippen molar-refractivity contribution in [3.63, 3.8) is 0 Å². The van der Waals surface area contributed by atoms with Crippen LogP contribution >= 0.6 is 0 Å². The number of carbonyl (C=O) groups excluding carboxylic acids is 1. The van der Waals surface area contributed by atoms with Gasteiger partial charge in [-0.3, -0.25) is 9.48 Å². The lowest BCUT2D eigenvalue weighted by Crippen LogP contribution is -2.11. The molecule has 0 bridgehead atoms. The molecule has 0 radical (unpaired) electrons. The Morgan fingerprint density at radius 1 is 1.56 bits per heavy atom. The Hall–Kier alpha value is -2.04. The fraction of sp³-hybridized carbons (Fsp3) is 0.385. The fourth-order valence-electron chi connectivity index (χ4n) is 2.56. The van der Waals surface area contributed by atoms with Crippen LogP contribution in [0.4, 0.5) is 0 Å². The van der Waals surface area contributed by atoms with E-state index in [-0.39, 0.29) is 5.76 Å². The van der Waals surface area contributed by atoms with Crippen molar-refractivity contribution in [2.75, 3.05) is 0 Å². The van der Waals surface area contributed by atoms with Crippen LogP contribution in [-0.2, 0) is 19.4 Å². The van der Waals surface area contributed by atoms with Gasteiger partial charge in [-0.2, -0.15) is 5.10 Å². The molecular weight excluding hydrogens is 230 g/mol. The van der Waals surface area contributed by atoms with Crippen LogP contribution in [0.3, 0.4) is 0 Å². The van der Waals surface area contributed by atoms with E-state index in [1.807, 2.05) is 11.6 Å². The molecule has 0 fully saturated rings. The zero-order chi connectivity index (χ0) is 12.9. The predicted molar refractivity (Wildman–Crippen MR) is 66.3 cm³/mol. The SMILES string of the molecule is CCn1cc2c(n1)-c1c(oc(C(N)=O)c1C)CC2. The summed E-state index contributed by atoms with van der Waals surface area (Å²) in [4.78, 5) is 11.3. The second-order valence-electron chi connectivity index (χ2n) is 4.58. The first-order chi connectivity index (χ1) is 8.61. The molecule has 2 heterocycles. The van der Waals surface area contributed by atoms with Gasteiger partial charge in [0.1, 0.15) is 5.76 Å². The third-order valence-corrected chi connectivity index (χ3v) is 3.46. The van der Waals surface area contributed by atoms with Gasteiger partial charge in [0.15, 0.2) is 5.76 Å². The topological polar surface area (TPSA) is 74.1 Å². The van der Waals surface area contributed by atoms with Crippen molar-refractivity contribution in [2.24, 2.45) is 5.73 Å². The minimum Gasteiger partial charge on any atom is -0.455 e. The maximum Gasteiger partial charge on any atom is 0.284 e. The van der Waals surface area contributed by atoms with Gasteiger partial charge in [0.25, 0.3) is 5.91 Å². The van der Waals surface area contributed by atoms with E-state index < -0.39 is 5.91 Å². The molecule has 0 spiro atoms. The van der Waals surface area contributed by atoms with Crippen molar-refractivity contribution in [2.45, 2.75) is 33.2 Å². The molecule has 2 aromatic heterocycles. The zero-order valence-electron chi connectivity index (χ0n) is 10.5. The van der Waals surface area contributed by atoms with Crippen molar-refractivity contribution in [3.05, 3.63) is 28.8 Å². The summed E-state index contributed by atoms with van der Waals surface area (Å²) in [6, 6.07) is 0. The van der Waals surface area contributed by atoms with E-state index in [1.54, 1.807) is 0 Å². The molecular formula is C13H15N3O2. The van der Waals surface area contributed by atoms with Crippen molar-refractivity contribution in [3.8, 4) is 11.3 Å². The van der Waals surface area contributed by atoms with E-state index in [0.717, 1.165) is 42.0 Å². The van der Waals surface area contributed by atoms with Gasteiger partial charge in [-0.15, -0.1) is 0 Å². The van der Waals surface area contributed by atoms with E-state index >= 15 is 0 Å². The molecule has 18 heavy (non-hydrogen) atoms. The Bertz CT molecular complexity index is 637. The number of fused-ring (bicyclic) bond motifs is 3. The number of furan rings is 1. The number of aromatic nitrogens is 2. The quantitative estimate of drug-likeness (QED) is 0.874. The molecule has 0 aliphatic heterocycles. The first-order valence-corrected chi connectivity index (χ1v) is 6.10. The molecule has 0 aromatic carbocycles. The van der Waals surface area contributed by atoms with Gasteiger partial charge < -0.3 is 10.2 Å². The Morgan fingerprint density at radius 3 is 3.00 bits per heavy atom. The number of hydrogen-bond acceptors (Lipinski definition) is 3. The Balaban J connectivity index is 2.22. The summed E-state index contributed by atoms with van der Waals surface area (Å²) >= 11 is 0. The van der Waals surface area contributed by atoms with Gasteiger partial charge in [0.05, 0.1) is 5.69 Å². The molecule has 2 aromatic rings. The van der Waals surface area contributed by atoms with E-state index in [9.17, 15) is 4.79 Å². The number of nitrogens with zero attached hydrogens (tertiary/aromatic N) is 2. The normalized spacial score (nSPS) is 13.2. The third-order valence-electron chi connectivity index (χ3n) is 3.46. The van der Waals surface area contributed by atoms with E-state index in [2.05, 4.69) is 18.2 Å². The average Bonchev–Trinajstić information content (AvgIpc) is 2.89. The monoisotopic (exact) mass is 245 g/mol. The number of primary amides is 1. The predicted octanol–water partition coefficient (Wildman–Crippen LogP) is 1.67. The number of carbonyl (C=O) groups is 1. The van der Waals surface area contributed by atoms with Crippen LogP contribution in [0.5, 0.6) is 0 Å². The van der Waals surface area contributed by atoms with Gasteiger partial charge in [-0.05, 0) is 25.8 Å². The third kappa shape index (κ3) is 1.40. The summed E-state index contributed by atoms with van der Waals surface area (Å²) in [5.41, 5.74) is 9.23. The second kappa shape index (κ2) is 3.73. The summed E-state index contributed by atoms with van der Waals surface area (Å²) in [5.74, 6) is 0.576. The van der Waals surface area contributed by atoms with Crippen molar-refractivity contribution in [1.29, 1.82) is 0 Å². The molecule has 0 atom stereocenters. The zero-order valence-corrected chi connectivity index (χ0v) is 10.5. The fourth-order valence-corrected chi connectivity index (χ4v) is 2.56. The first-order valence-electron chi connectivity index (χ1n) is 6.10. The molecule has 5 heteroatoms. The molecule has 0 saturated carbocycles. The minimum absolute atomic E-state index is 0.263. The summed E-state index contributed by atoms with van der Waals surface area (Å²) in [5, 5.41) is 4.55. The molecule has 2 N–H and O–H groups in total. The van der Waals surface area contributed by atoms with Crippen LogP contribution in [0.1, 0.15) is 34.4 Å². The Labute approximate surface area is 105 Å². The minimum atomic E-state index is -0.515. The molecule has 0 saturated heterocycles. The van der Waals surface area contributed by atoms with Crippen LogP contribution < -0.4 is 5.73 Å². The molecule has 3 rings (SSSR count). The lowest BCUT2D eigenvalue weighted by molar-refractivity contribution is 0.0971. The highest BCUT2D eigenvalue weighted by Gasteiger charge is 2.28. The summed E-state index contributed by atoms with van der Waals surface area (Å²) in [6.07, 6.45) is 3.76. The first kappa shape index (κ1) is 11.1. The van der Waals surface area contributed by atoms with Crippen LogP contribution in [0, 0.1) is 6.92 Å². The van der Waals surface area contributed by atoms with Gasteiger partial charge in [-0.25, -0.2) is 0 Å². The van der Waals surface area contributed by atoms with Gasteiger partial charge in [-0.1, -0.05) is 0 Å². The summed E-state index contributed by atoms with van der Waals surface area (Å²) in [7, 11) is 0. The molecule has 1 aliphatic carbocycles. The van der Waals surface area contributed by atoms with Crippen molar-refractivity contribution in [1.82, 2.24) is 9.78 Å². The molecule has 5 nitrogen and oxygen atoms in total. The molecule has 1 amide bonds. The smallest absolute Gasteiger partial charge is 0.284 e. The van der Waals surface area contributed by atoms with Gasteiger partial charge >= 0.3 is 0 Å². The lowest BCUT2D eigenvalue weighted by atomic mass is 9.93. The molecule has 94 valence electrons. The number of amides is 1.